The maximum Gasteiger partial charge on any atom is 0.0243 e. The summed E-state index contributed by atoms with van der Waals surface area (Å²) >= 11 is 0. The van der Waals surface area contributed by atoms with Gasteiger partial charge in [0, 0.05) is 22.8 Å². The molecule has 4 aromatic rings. The predicted molar refractivity (Wildman–Crippen MR) is 176 cm³/mol. The van der Waals surface area contributed by atoms with Crippen molar-refractivity contribution in [3.05, 3.63) is 143 Å². The van der Waals surface area contributed by atoms with Crippen LogP contribution in [-0.4, -0.2) is 12.6 Å². The molecule has 3 aliphatic rings. The first-order valence-corrected chi connectivity index (χ1v) is 16.8. The van der Waals surface area contributed by atoms with E-state index in [0.29, 0.717) is 12.0 Å². The van der Waals surface area contributed by atoms with Gasteiger partial charge in [-0.25, -0.2) is 0 Å². The molecule has 7 rings (SSSR count). The van der Waals surface area contributed by atoms with E-state index in [1.807, 2.05) is 0 Å². The van der Waals surface area contributed by atoms with Gasteiger partial charge in [-0.15, -0.1) is 0 Å². The van der Waals surface area contributed by atoms with Gasteiger partial charge in [-0.2, -0.15) is 0 Å². The van der Waals surface area contributed by atoms with E-state index in [0.717, 1.165) is 6.54 Å². The lowest BCUT2D eigenvalue weighted by atomic mass is 9.65. The van der Waals surface area contributed by atoms with Crippen LogP contribution >= 0.6 is 0 Å². The van der Waals surface area contributed by atoms with Crippen LogP contribution in [0, 0.1) is 0 Å². The van der Waals surface area contributed by atoms with E-state index >= 15 is 0 Å². The molecule has 0 unspecified atom stereocenters. The van der Waals surface area contributed by atoms with E-state index < -0.39 is 0 Å². The molecule has 0 bridgehead atoms. The number of hydrogen-bond acceptors (Lipinski definition) is 1. The molecule has 42 heavy (non-hydrogen) atoms. The van der Waals surface area contributed by atoms with Gasteiger partial charge in [-0.3, -0.25) is 0 Å². The fourth-order valence-corrected chi connectivity index (χ4v) is 8.99. The molecule has 1 heteroatoms. The molecular formula is C41H47N. The monoisotopic (exact) mass is 553 g/mol. The summed E-state index contributed by atoms with van der Waals surface area (Å²) in [5.74, 6) is 0.383. The Morgan fingerprint density at radius 3 is 1.24 bits per heavy atom. The standard InChI is InChI=1S/C41H47N/c1-5-14-34(15-6-1)40(27-9-3-10-28-40)36-23-19-32(20-24-36)39(38-18-13-31-42-38)33-21-25-37(26-22-33)41(29-11-4-12-30-41)35-16-7-2-8-17-35/h1-2,5-8,14-17,19-26,38-39,42H,3-4,9-13,18,27-31H2/t38-/m0/s1. The maximum atomic E-state index is 3.88. The Labute approximate surface area is 253 Å². The van der Waals surface area contributed by atoms with Crippen molar-refractivity contribution in [3.8, 4) is 0 Å². The molecule has 0 radical (unpaired) electrons. The third-order valence-corrected chi connectivity index (χ3v) is 11.2. The summed E-state index contributed by atoms with van der Waals surface area (Å²) < 4.78 is 0. The van der Waals surface area contributed by atoms with Crippen molar-refractivity contribution < 1.29 is 0 Å². The van der Waals surface area contributed by atoms with Crippen molar-refractivity contribution >= 4 is 0 Å². The molecule has 1 saturated heterocycles. The highest BCUT2D eigenvalue weighted by Crippen LogP contribution is 2.47. The van der Waals surface area contributed by atoms with Crippen molar-refractivity contribution in [3.63, 3.8) is 0 Å². The van der Waals surface area contributed by atoms with Gasteiger partial charge >= 0.3 is 0 Å². The molecule has 2 aliphatic carbocycles. The Morgan fingerprint density at radius 2 is 0.857 bits per heavy atom. The van der Waals surface area contributed by atoms with Gasteiger partial charge in [-0.1, -0.05) is 148 Å². The van der Waals surface area contributed by atoms with Crippen LogP contribution in [0.3, 0.4) is 0 Å². The minimum Gasteiger partial charge on any atom is -0.313 e. The molecule has 1 N–H and O–H groups in total. The summed E-state index contributed by atoms with van der Waals surface area (Å²) in [5, 5.41) is 3.88. The predicted octanol–water partition coefficient (Wildman–Crippen LogP) is 10.1. The fraction of sp³-hybridized carbons (Fsp3) is 0.415. The fourth-order valence-electron chi connectivity index (χ4n) is 8.99. The van der Waals surface area contributed by atoms with Crippen molar-refractivity contribution in [1.82, 2.24) is 5.32 Å². The molecule has 2 saturated carbocycles. The Bertz CT molecular complexity index is 1300. The summed E-state index contributed by atoms with van der Waals surface area (Å²) in [5.41, 5.74) is 9.24. The van der Waals surface area contributed by atoms with E-state index in [1.54, 1.807) is 0 Å². The van der Waals surface area contributed by atoms with Crippen LogP contribution in [0.2, 0.25) is 0 Å². The van der Waals surface area contributed by atoms with Crippen LogP contribution in [0.25, 0.3) is 0 Å². The first kappa shape index (κ1) is 27.7. The average molecular weight is 554 g/mol. The van der Waals surface area contributed by atoms with Gasteiger partial charge in [0.15, 0.2) is 0 Å². The number of benzene rings is 4. The van der Waals surface area contributed by atoms with Gasteiger partial charge < -0.3 is 5.32 Å². The lowest BCUT2D eigenvalue weighted by Crippen LogP contribution is -2.32. The molecule has 1 nitrogen and oxygen atoms in total. The van der Waals surface area contributed by atoms with E-state index in [4.69, 9.17) is 0 Å². The van der Waals surface area contributed by atoms with Crippen LogP contribution in [-0.2, 0) is 10.8 Å². The molecule has 1 atom stereocenters. The maximum absolute atomic E-state index is 3.88. The van der Waals surface area contributed by atoms with E-state index in [9.17, 15) is 0 Å². The summed E-state index contributed by atoms with van der Waals surface area (Å²) in [6.07, 6.45) is 15.6. The van der Waals surface area contributed by atoms with Crippen molar-refractivity contribution in [2.75, 3.05) is 6.54 Å². The zero-order chi connectivity index (χ0) is 28.2. The van der Waals surface area contributed by atoms with Crippen LogP contribution in [0.5, 0.6) is 0 Å². The second-order valence-electron chi connectivity index (χ2n) is 13.4. The first-order chi connectivity index (χ1) is 20.8. The highest BCUT2D eigenvalue weighted by molar-refractivity contribution is 5.46. The van der Waals surface area contributed by atoms with Gasteiger partial charge in [0.1, 0.15) is 0 Å². The largest absolute Gasteiger partial charge is 0.313 e. The van der Waals surface area contributed by atoms with Crippen molar-refractivity contribution in [1.29, 1.82) is 0 Å². The number of rotatable bonds is 7. The molecule has 0 spiro atoms. The van der Waals surface area contributed by atoms with Gasteiger partial charge in [0.2, 0.25) is 0 Å². The van der Waals surface area contributed by atoms with Crippen LogP contribution in [0.15, 0.2) is 109 Å². The molecule has 1 heterocycles. The molecule has 1 aliphatic heterocycles. The normalized spacial score (nSPS) is 21.8. The Hall–Kier alpha value is -3.16. The third kappa shape index (κ3) is 5.15. The minimum atomic E-state index is 0.159. The van der Waals surface area contributed by atoms with Gasteiger partial charge in [-0.05, 0) is 78.5 Å². The zero-order valence-electron chi connectivity index (χ0n) is 25.2. The minimum absolute atomic E-state index is 0.159. The zero-order valence-corrected chi connectivity index (χ0v) is 25.2. The highest BCUT2D eigenvalue weighted by Gasteiger charge is 2.37. The summed E-state index contributed by atoms with van der Waals surface area (Å²) in [7, 11) is 0. The third-order valence-electron chi connectivity index (χ3n) is 11.2. The molecular weight excluding hydrogens is 506 g/mol. The molecule has 4 aromatic carbocycles. The molecule has 216 valence electrons. The molecule has 0 aromatic heterocycles. The quantitative estimate of drug-likeness (QED) is 0.240. The summed E-state index contributed by atoms with van der Waals surface area (Å²) in [6, 6.07) is 43.0. The van der Waals surface area contributed by atoms with E-state index in [2.05, 4.69) is 115 Å². The number of nitrogens with one attached hydrogen (secondary N) is 1. The summed E-state index contributed by atoms with van der Waals surface area (Å²) in [6.45, 7) is 1.13. The second-order valence-corrected chi connectivity index (χ2v) is 13.4. The Balaban J connectivity index is 1.22. The van der Waals surface area contributed by atoms with Crippen molar-refractivity contribution in [2.45, 2.75) is 99.8 Å². The molecule has 0 amide bonds. The lowest BCUT2D eigenvalue weighted by molar-refractivity contribution is 0.346. The SMILES string of the molecule is c1ccc(C2(c3ccc(C(c4ccc(C5(c6ccccc6)CCCCC5)cc4)[C@@H]4CCCN4)cc3)CCCCC2)cc1. The van der Waals surface area contributed by atoms with Gasteiger partial charge in [0.05, 0.1) is 0 Å². The highest BCUT2D eigenvalue weighted by atomic mass is 14.9. The first-order valence-electron chi connectivity index (χ1n) is 16.8. The van der Waals surface area contributed by atoms with Crippen LogP contribution in [0.4, 0.5) is 0 Å². The Kier molecular flexibility index (Phi) is 8.04. The van der Waals surface area contributed by atoms with Crippen molar-refractivity contribution in [2.24, 2.45) is 0 Å². The van der Waals surface area contributed by atoms with Crippen LogP contribution < -0.4 is 5.32 Å². The lowest BCUT2D eigenvalue weighted by Gasteiger charge is -2.39. The smallest absolute Gasteiger partial charge is 0.0243 e. The molecule has 3 fully saturated rings. The van der Waals surface area contributed by atoms with Gasteiger partial charge in [0.25, 0.3) is 0 Å². The average Bonchev–Trinajstić information content (AvgIpc) is 3.61. The topological polar surface area (TPSA) is 12.0 Å². The second kappa shape index (κ2) is 12.2. The number of hydrogen-bond donors (Lipinski definition) is 1. The summed E-state index contributed by atoms with van der Waals surface area (Å²) in [4.78, 5) is 0. The van der Waals surface area contributed by atoms with E-state index in [1.165, 1.54) is 110 Å². The van der Waals surface area contributed by atoms with Crippen LogP contribution in [0.1, 0.15) is 116 Å². The Morgan fingerprint density at radius 1 is 0.452 bits per heavy atom. The van der Waals surface area contributed by atoms with E-state index in [-0.39, 0.29) is 10.8 Å².